The number of hydrogen-bond donors (Lipinski definition) is 2. The summed E-state index contributed by atoms with van der Waals surface area (Å²) in [5.41, 5.74) is -2.89. The average Bonchev–Trinajstić information content (AvgIpc) is 2.05. The predicted molar refractivity (Wildman–Crippen MR) is 43.4 cm³/mol. The topological polar surface area (TPSA) is 93.0 Å². The molecule has 1 aromatic rings. The summed E-state index contributed by atoms with van der Waals surface area (Å²) >= 11 is 0. The normalized spacial score (nSPS) is 12.1. The van der Waals surface area contributed by atoms with Crippen LogP contribution in [0.2, 0.25) is 0 Å². The molecule has 1 aromatic heterocycles. The Morgan fingerprint density at radius 3 is 2.27 bits per heavy atom. The summed E-state index contributed by atoms with van der Waals surface area (Å²) in [6.07, 6.45) is -3.10. The zero-order valence-corrected chi connectivity index (χ0v) is 7.82. The van der Waals surface area contributed by atoms with Crippen molar-refractivity contribution in [1.29, 1.82) is 0 Å². The quantitative estimate of drug-likeness (QED) is 0.770. The standard InChI is InChI=1S/C6H5F3N2O3S/c7-2-1-11-6(12)4(15(10,13)14)3(2)5(8)9/h1,5H,(H,11,12)(H2,10,13,14). The van der Waals surface area contributed by atoms with Gasteiger partial charge in [-0.2, -0.15) is 0 Å². The molecule has 0 saturated carbocycles. The van der Waals surface area contributed by atoms with Crippen LogP contribution in [0.1, 0.15) is 12.0 Å². The minimum atomic E-state index is -4.70. The molecule has 84 valence electrons. The summed E-state index contributed by atoms with van der Waals surface area (Å²) < 4.78 is 59.0. The number of alkyl halides is 2. The molecule has 0 fully saturated rings. The molecule has 3 N–H and O–H groups in total. The Morgan fingerprint density at radius 2 is 1.93 bits per heavy atom. The van der Waals surface area contributed by atoms with Crippen molar-refractivity contribution in [3.8, 4) is 0 Å². The zero-order valence-electron chi connectivity index (χ0n) is 7.00. The number of halogens is 3. The first-order valence-corrected chi connectivity index (χ1v) is 5.02. The van der Waals surface area contributed by atoms with Crippen LogP contribution in [0.15, 0.2) is 15.9 Å². The van der Waals surface area contributed by atoms with E-state index in [4.69, 9.17) is 0 Å². The molecular formula is C6H5F3N2O3S. The van der Waals surface area contributed by atoms with Crippen LogP contribution in [0, 0.1) is 5.82 Å². The summed E-state index contributed by atoms with van der Waals surface area (Å²) in [6, 6.07) is 0. The van der Waals surface area contributed by atoms with E-state index in [9.17, 15) is 26.4 Å². The molecule has 15 heavy (non-hydrogen) atoms. The van der Waals surface area contributed by atoms with Gasteiger partial charge in [0.2, 0.25) is 10.0 Å². The first-order valence-electron chi connectivity index (χ1n) is 3.47. The number of nitrogens with two attached hydrogens (primary N) is 1. The Morgan fingerprint density at radius 1 is 1.40 bits per heavy atom. The Balaban J connectivity index is 3.77. The van der Waals surface area contributed by atoms with Crippen LogP contribution in [0.5, 0.6) is 0 Å². The summed E-state index contributed by atoms with van der Waals surface area (Å²) in [6.45, 7) is 0. The van der Waals surface area contributed by atoms with E-state index in [1.54, 1.807) is 4.98 Å². The van der Waals surface area contributed by atoms with Crippen molar-refractivity contribution < 1.29 is 21.6 Å². The largest absolute Gasteiger partial charge is 0.325 e. The number of rotatable bonds is 2. The van der Waals surface area contributed by atoms with Gasteiger partial charge in [-0.1, -0.05) is 0 Å². The monoisotopic (exact) mass is 242 g/mol. The third-order valence-corrected chi connectivity index (χ3v) is 2.52. The number of primary sulfonamides is 1. The van der Waals surface area contributed by atoms with Crippen LogP contribution < -0.4 is 10.7 Å². The van der Waals surface area contributed by atoms with Gasteiger partial charge in [0.25, 0.3) is 12.0 Å². The number of aromatic nitrogens is 1. The molecular weight excluding hydrogens is 237 g/mol. The van der Waals surface area contributed by atoms with Gasteiger partial charge in [-0.05, 0) is 0 Å². The number of pyridine rings is 1. The zero-order chi connectivity index (χ0) is 11.8. The second-order valence-corrected chi connectivity index (χ2v) is 4.05. The predicted octanol–water partition coefficient (Wildman–Crippen LogP) is 0.0990. The maximum atomic E-state index is 12.8. The van der Waals surface area contributed by atoms with Gasteiger partial charge in [-0.3, -0.25) is 4.79 Å². The molecule has 1 heterocycles. The van der Waals surface area contributed by atoms with Crippen LogP contribution in [0.4, 0.5) is 13.2 Å². The van der Waals surface area contributed by atoms with Crippen molar-refractivity contribution in [2.24, 2.45) is 5.14 Å². The molecule has 0 aliphatic heterocycles. The molecule has 0 bridgehead atoms. The van der Waals surface area contributed by atoms with Gasteiger partial charge in [0.15, 0.2) is 4.90 Å². The summed E-state index contributed by atoms with van der Waals surface area (Å²) in [4.78, 5) is 11.1. The molecule has 0 aromatic carbocycles. The minimum absolute atomic E-state index is 0.346. The highest BCUT2D eigenvalue weighted by Gasteiger charge is 2.27. The highest BCUT2D eigenvalue weighted by molar-refractivity contribution is 7.89. The number of aromatic amines is 1. The first-order chi connectivity index (χ1) is 6.75. The van der Waals surface area contributed by atoms with Crippen molar-refractivity contribution >= 4 is 10.0 Å². The summed E-state index contributed by atoms with van der Waals surface area (Å²) in [5, 5.41) is 4.52. The lowest BCUT2D eigenvalue weighted by atomic mass is 10.2. The van der Waals surface area contributed by atoms with Crippen molar-refractivity contribution in [2.45, 2.75) is 11.3 Å². The van der Waals surface area contributed by atoms with Crippen LogP contribution in [0.25, 0.3) is 0 Å². The molecule has 1 rings (SSSR count). The van der Waals surface area contributed by atoms with Crippen LogP contribution in [0.3, 0.4) is 0 Å². The lowest BCUT2D eigenvalue weighted by Gasteiger charge is -2.06. The molecule has 0 radical (unpaired) electrons. The van der Waals surface area contributed by atoms with Gasteiger partial charge in [0.05, 0.1) is 5.56 Å². The fourth-order valence-electron chi connectivity index (χ4n) is 0.989. The number of nitrogens with one attached hydrogen (secondary N) is 1. The lowest BCUT2D eigenvalue weighted by molar-refractivity contribution is 0.142. The maximum absolute atomic E-state index is 12.8. The maximum Gasteiger partial charge on any atom is 0.268 e. The smallest absolute Gasteiger partial charge is 0.268 e. The van der Waals surface area contributed by atoms with Gasteiger partial charge in [-0.25, -0.2) is 26.7 Å². The Bertz CT molecular complexity index is 537. The lowest BCUT2D eigenvalue weighted by Crippen LogP contribution is -2.26. The van der Waals surface area contributed by atoms with E-state index in [2.05, 4.69) is 5.14 Å². The second-order valence-electron chi connectivity index (χ2n) is 2.55. The molecule has 0 atom stereocenters. The Labute approximate surface area is 81.8 Å². The number of sulfonamides is 1. The molecule has 9 heteroatoms. The number of H-pyrrole nitrogens is 1. The average molecular weight is 242 g/mol. The van der Waals surface area contributed by atoms with E-state index < -0.39 is 38.3 Å². The van der Waals surface area contributed by atoms with E-state index in [-0.39, 0.29) is 0 Å². The number of hydrogen-bond acceptors (Lipinski definition) is 3. The highest BCUT2D eigenvalue weighted by Crippen LogP contribution is 2.25. The third-order valence-electron chi connectivity index (χ3n) is 1.54. The Hall–Kier alpha value is -1.35. The molecule has 0 aliphatic rings. The molecule has 0 aliphatic carbocycles. The van der Waals surface area contributed by atoms with Crippen LogP contribution in [-0.4, -0.2) is 13.4 Å². The molecule has 0 spiro atoms. The summed E-state index contributed by atoms with van der Waals surface area (Å²) in [5.74, 6) is -1.53. The third kappa shape index (κ3) is 2.18. The minimum Gasteiger partial charge on any atom is -0.325 e. The summed E-state index contributed by atoms with van der Waals surface area (Å²) in [7, 11) is -4.70. The van der Waals surface area contributed by atoms with E-state index in [1.807, 2.05) is 0 Å². The van der Waals surface area contributed by atoms with Gasteiger partial charge < -0.3 is 4.98 Å². The van der Waals surface area contributed by atoms with Crippen molar-refractivity contribution in [1.82, 2.24) is 4.98 Å². The van der Waals surface area contributed by atoms with Gasteiger partial charge in [0.1, 0.15) is 5.82 Å². The molecule has 0 unspecified atom stereocenters. The van der Waals surface area contributed by atoms with Crippen molar-refractivity contribution in [3.63, 3.8) is 0 Å². The molecule has 5 nitrogen and oxygen atoms in total. The Kier molecular flexibility index (Phi) is 2.86. The van der Waals surface area contributed by atoms with Gasteiger partial charge in [-0.15, -0.1) is 0 Å². The van der Waals surface area contributed by atoms with E-state index >= 15 is 0 Å². The van der Waals surface area contributed by atoms with E-state index in [0.29, 0.717) is 6.20 Å². The van der Waals surface area contributed by atoms with Gasteiger partial charge in [0, 0.05) is 6.20 Å². The molecule has 0 amide bonds. The fourth-order valence-corrected chi connectivity index (χ4v) is 1.80. The fraction of sp³-hybridized carbons (Fsp3) is 0.167. The first kappa shape index (κ1) is 11.7. The highest BCUT2D eigenvalue weighted by atomic mass is 32.2. The second kappa shape index (κ2) is 3.66. The van der Waals surface area contributed by atoms with Crippen LogP contribution in [-0.2, 0) is 10.0 Å². The van der Waals surface area contributed by atoms with Gasteiger partial charge >= 0.3 is 0 Å². The van der Waals surface area contributed by atoms with E-state index in [1.165, 1.54) is 0 Å². The molecule has 0 saturated heterocycles. The van der Waals surface area contributed by atoms with Crippen LogP contribution >= 0.6 is 0 Å². The van der Waals surface area contributed by atoms with E-state index in [0.717, 1.165) is 0 Å². The van der Waals surface area contributed by atoms with Crippen molar-refractivity contribution in [3.05, 3.63) is 27.9 Å². The SMILES string of the molecule is NS(=O)(=O)c1c(C(F)F)c(F)c[nH]c1=O. The van der Waals surface area contributed by atoms with Crippen molar-refractivity contribution in [2.75, 3.05) is 0 Å².